The average molecular weight is 377 g/mol. The number of rotatable bonds is 5. The molecule has 0 radical (unpaired) electrons. The van der Waals surface area contributed by atoms with Gasteiger partial charge in [-0.15, -0.1) is 0 Å². The molecule has 7 heteroatoms. The molecule has 1 N–H and O–H groups in total. The van der Waals surface area contributed by atoms with E-state index in [9.17, 15) is 8.42 Å². The first kappa shape index (κ1) is 18.4. The third kappa shape index (κ3) is 3.58. The van der Waals surface area contributed by atoms with Gasteiger partial charge in [0, 0.05) is 6.07 Å². The van der Waals surface area contributed by atoms with E-state index in [1.54, 1.807) is 44.4 Å². The van der Waals surface area contributed by atoms with Gasteiger partial charge in [0.05, 0.1) is 17.7 Å². The summed E-state index contributed by atoms with van der Waals surface area (Å²) in [6, 6.07) is 8.43. The molecule has 0 atom stereocenters. The van der Waals surface area contributed by atoms with Crippen LogP contribution in [-0.4, -0.2) is 28.7 Å². The molecular weight excluding hydrogens is 354 g/mol. The number of hydrogen-bond acceptors (Lipinski definition) is 5. The van der Waals surface area contributed by atoms with Crippen molar-refractivity contribution in [1.82, 2.24) is 0 Å². The fourth-order valence-electron chi connectivity index (χ4n) is 2.91. The van der Waals surface area contributed by atoms with Gasteiger partial charge in [0.2, 0.25) is 0 Å². The van der Waals surface area contributed by atoms with Crippen molar-refractivity contribution in [1.29, 1.82) is 0 Å². The van der Waals surface area contributed by atoms with Gasteiger partial charge in [-0.2, -0.15) is 0 Å². The molecule has 1 aliphatic heterocycles. The normalized spacial score (nSPS) is 13.6. The number of methoxy groups -OCH3 is 1. The molecule has 0 spiro atoms. The molecule has 0 fully saturated rings. The molecule has 2 aromatic carbocycles. The highest BCUT2D eigenvalue weighted by Crippen LogP contribution is 2.35. The molecule has 3 rings (SSSR count). The Balaban J connectivity index is 1.97. The summed E-state index contributed by atoms with van der Waals surface area (Å²) in [6.07, 6.45) is 0. The van der Waals surface area contributed by atoms with E-state index >= 15 is 0 Å². The first-order valence-corrected chi connectivity index (χ1v) is 9.91. The van der Waals surface area contributed by atoms with Crippen molar-refractivity contribution in [2.45, 2.75) is 31.6 Å². The zero-order valence-electron chi connectivity index (χ0n) is 15.3. The van der Waals surface area contributed by atoms with E-state index in [-0.39, 0.29) is 10.8 Å². The molecule has 1 heterocycles. The molecule has 0 aromatic heterocycles. The lowest BCUT2D eigenvalue weighted by Gasteiger charge is -2.20. The van der Waals surface area contributed by atoms with E-state index in [4.69, 9.17) is 14.2 Å². The maximum absolute atomic E-state index is 12.9. The molecule has 2 aromatic rings. The molecule has 0 saturated carbocycles. The lowest BCUT2D eigenvalue weighted by atomic mass is 10.0. The second-order valence-electron chi connectivity index (χ2n) is 6.48. The van der Waals surface area contributed by atoms with Crippen LogP contribution in [0.4, 0.5) is 5.69 Å². The Morgan fingerprint density at radius 3 is 2.42 bits per heavy atom. The van der Waals surface area contributed by atoms with Crippen LogP contribution in [0.5, 0.6) is 17.2 Å². The molecule has 0 bridgehead atoms. The first-order chi connectivity index (χ1) is 12.3. The molecule has 1 aliphatic rings. The Bertz CT molecular complexity index is 922. The highest BCUT2D eigenvalue weighted by Gasteiger charge is 2.22. The maximum atomic E-state index is 12.9. The monoisotopic (exact) mass is 377 g/mol. The van der Waals surface area contributed by atoms with Crippen LogP contribution in [-0.2, 0) is 10.0 Å². The van der Waals surface area contributed by atoms with Crippen molar-refractivity contribution >= 4 is 15.7 Å². The van der Waals surface area contributed by atoms with E-state index in [0.29, 0.717) is 41.7 Å². The van der Waals surface area contributed by atoms with Crippen molar-refractivity contribution in [2.24, 2.45) is 0 Å². The zero-order chi connectivity index (χ0) is 18.9. The van der Waals surface area contributed by atoms with Gasteiger partial charge in [-0.3, -0.25) is 4.72 Å². The number of hydrogen-bond donors (Lipinski definition) is 1. The summed E-state index contributed by atoms with van der Waals surface area (Å²) >= 11 is 0. The Kier molecular flexibility index (Phi) is 5.00. The van der Waals surface area contributed by atoms with Crippen molar-refractivity contribution in [2.75, 3.05) is 25.0 Å². The average Bonchev–Trinajstić information content (AvgIpc) is 2.60. The number of aryl methyl sites for hydroxylation is 1. The number of fused-ring (bicyclic) bond motifs is 1. The number of nitrogens with one attached hydrogen (secondary N) is 1. The molecule has 6 nitrogen and oxygen atoms in total. The second-order valence-corrected chi connectivity index (χ2v) is 8.13. The van der Waals surface area contributed by atoms with Gasteiger partial charge in [-0.1, -0.05) is 13.8 Å². The van der Waals surface area contributed by atoms with Gasteiger partial charge < -0.3 is 14.2 Å². The number of anilines is 1. The van der Waals surface area contributed by atoms with Crippen LogP contribution in [0.1, 0.15) is 30.9 Å². The van der Waals surface area contributed by atoms with Crippen LogP contribution in [0.25, 0.3) is 0 Å². The summed E-state index contributed by atoms with van der Waals surface area (Å²) in [5.74, 6) is 1.97. The van der Waals surface area contributed by atoms with Crippen LogP contribution in [0.15, 0.2) is 35.2 Å². The van der Waals surface area contributed by atoms with Crippen molar-refractivity contribution in [3.05, 3.63) is 41.5 Å². The fourth-order valence-corrected chi connectivity index (χ4v) is 4.22. The molecule has 26 heavy (non-hydrogen) atoms. The van der Waals surface area contributed by atoms with Crippen molar-refractivity contribution in [3.63, 3.8) is 0 Å². The van der Waals surface area contributed by atoms with Crippen molar-refractivity contribution < 1.29 is 22.6 Å². The van der Waals surface area contributed by atoms with Gasteiger partial charge in [0.15, 0.2) is 11.5 Å². The molecule has 0 saturated heterocycles. The SMILES string of the molecule is COc1cc(C)c(S(=O)(=O)Nc2ccc3c(c2)OCCO3)cc1C(C)C. The first-order valence-electron chi connectivity index (χ1n) is 8.43. The Labute approximate surface area is 154 Å². The number of sulfonamides is 1. The molecular formula is C19H23NO5S. The van der Waals surface area contributed by atoms with Crippen molar-refractivity contribution in [3.8, 4) is 17.2 Å². The molecule has 0 amide bonds. The predicted octanol–water partition coefficient (Wildman–Crippen LogP) is 3.70. The van der Waals surface area contributed by atoms with Gasteiger partial charge in [-0.05, 0) is 48.2 Å². The van der Waals surface area contributed by atoms with Gasteiger partial charge >= 0.3 is 0 Å². The summed E-state index contributed by atoms with van der Waals surface area (Å²) in [5.41, 5.74) is 1.90. The molecule has 0 aliphatic carbocycles. The van der Waals surface area contributed by atoms with Crippen LogP contribution in [0.2, 0.25) is 0 Å². The van der Waals surface area contributed by atoms with Crippen LogP contribution in [0, 0.1) is 6.92 Å². The third-order valence-corrected chi connectivity index (χ3v) is 5.76. The van der Waals surface area contributed by atoms with Crippen LogP contribution < -0.4 is 18.9 Å². The van der Waals surface area contributed by atoms with E-state index in [0.717, 1.165) is 5.56 Å². The molecule has 140 valence electrons. The lowest BCUT2D eigenvalue weighted by Crippen LogP contribution is -2.17. The Morgan fingerprint density at radius 2 is 1.77 bits per heavy atom. The Morgan fingerprint density at radius 1 is 1.08 bits per heavy atom. The highest BCUT2D eigenvalue weighted by molar-refractivity contribution is 7.92. The number of ether oxygens (including phenoxy) is 3. The summed E-state index contributed by atoms with van der Waals surface area (Å²) in [6.45, 7) is 6.68. The van der Waals surface area contributed by atoms with Crippen LogP contribution in [0.3, 0.4) is 0 Å². The minimum atomic E-state index is -3.75. The Hall–Kier alpha value is -2.41. The summed E-state index contributed by atoms with van der Waals surface area (Å²) < 4.78 is 44.9. The van der Waals surface area contributed by atoms with Gasteiger partial charge in [-0.25, -0.2) is 8.42 Å². The van der Waals surface area contributed by atoms with Gasteiger partial charge in [0.1, 0.15) is 19.0 Å². The van der Waals surface area contributed by atoms with E-state index in [2.05, 4.69) is 4.72 Å². The predicted molar refractivity (Wildman–Crippen MR) is 100 cm³/mol. The van der Waals surface area contributed by atoms with E-state index < -0.39 is 10.0 Å². The fraction of sp³-hybridized carbons (Fsp3) is 0.368. The minimum absolute atomic E-state index is 0.133. The largest absolute Gasteiger partial charge is 0.496 e. The lowest BCUT2D eigenvalue weighted by molar-refractivity contribution is 0.171. The highest BCUT2D eigenvalue weighted by atomic mass is 32.2. The quantitative estimate of drug-likeness (QED) is 0.860. The smallest absolute Gasteiger partial charge is 0.262 e. The maximum Gasteiger partial charge on any atom is 0.262 e. The third-order valence-electron chi connectivity index (χ3n) is 4.23. The van der Waals surface area contributed by atoms with E-state index in [1.165, 1.54) is 0 Å². The molecule has 0 unspecified atom stereocenters. The standard InChI is InChI=1S/C19H23NO5S/c1-12(2)15-11-19(13(3)9-17(15)23-4)26(21,22)20-14-5-6-16-18(10-14)25-8-7-24-16/h5-6,9-12,20H,7-8H2,1-4H3. The van der Waals surface area contributed by atoms with Crippen LogP contribution >= 0.6 is 0 Å². The topological polar surface area (TPSA) is 73.9 Å². The summed E-state index contributed by atoms with van der Waals surface area (Å²) in [4.78, 5) is 0.233. The number of benzene rings is 2. The zero-order valence-corrected chi connectivity index (χ0v) is 16.1. The minimum Gasteiger partial charge on any atom is -0.496 e. The van der Waals surface area contributed by atoms with E-state index in [1.807, 2.05) is 13.8 Å². The summed E-state index contributed by atoms with van der Waals surface area (Å²) in [7, 11) is -2.17. The second kappa shape index (κ2) is 7.07. The van der Waals surface area contributed by atoms with Gasteiger partial charge in [0.25, 0.3) is 10.0 Å². The summed E-state index contributed by atoms with van der Waals surface area (Å²) in [5, 5.41) is 0.